The van der Waals surface area contributed by atoms with Crippen LogP contribution < -0.4 is 0 Å². The number of hydroxylamine groups is 2. The molecule has 1 aliphatic heterocycles. The Kier molecular flexibility index (Phi) is 1.75. The van der Waals surface area contributed by atoms with Crippen LogP contribution in [-0.4, -0.2) is 16.1 Å². The summed E-state index contributed by atoms with van der Waals surface area (Å²) >= 11 is 0. The fraction of sp³-hybridized carbons (Fsp3) is 0.600. The van der Waals surface area contributed by atoms with Gasteiger partial charge in [-0.2, -0.15) is 0 Å². The lowest BCUT2D eigenvalue weighted by molar-refractivity contribution is -0.235. The summed E-state index contributed by atoms with van der Waals surface area (Å²) in [6.45, 7) is 15.3. The molecule has 0 bridgehead atoms. The summed E-state index contributed by atoms with van der Waals surface area (Å²) in [5.74, 6) is 0. The van der Waals surface area contributed by atoms with E-state index in [1.54, 1.807) is 0 Å². The predicted molar refractivity (Wildman–Crippen MR) is 49.0 cm³/mol. The topological polar surface area (TPSA) is 23.1 Å². The zero-order valence-corrected chi connectivity index (χ0v) is 8.27. The van der Waals surface area contributed by atoms with Crippen molar-refractivity contribution in [3.05, 3.63) is 24.3 Å². The molecule has 0 unspecified atom stereocenters. The summed E-state index contributed by atoms with van der Waals surface area (Å²) in [5, 5.41) is 12.8. The van der Waals surface area contributed by atoms with Gasteiger partial charge >= 0.3 is 0 Å². The predicted octanol–water partition coefficient (Wildman–Crippen LogP) is 2.32. The number of hydrogen-bond acceptors (Lipinski definition) is 1. The van der Waals surface area contributed by atoms with E-state index >= 15 is 0 Å². The summed E-state index contributed by atoms with van der Waals surface area (Å²) in [5.41, 5.74) is 0.700. The average molecular weight is 166 g/mol. The normalized spacial score (nSPS) is 28.1. The standard InChI is InChI=1S/C10H16NO/c1-7-8(2)10(5,6)11(12)9(7,3)4/h1-2H2,3-6H3. The Morgan fingerprint density at radius 3 is 1.33 bits per heavy atom. The third-order valence-corrected chi connectivity index (χ3v) is 2.86. The van der Waals surface area contributed by atoms with Crippen molar-refractivity contribution in [2.45, 2.75) is 38.8 Å². The van der Waals surface area contributed by atoms with Crippen LogP contribution in [0.3, 0.4) is 0 Å². The summed E-state index contributed by atoms with van der Waals surface area (Å²) in [6, 6.07) is 0. The van der Waals surface area contributed by atoms with Gasteiger partial charge < -0.3 is 0 Å². The Hall–Kier alpha value is -0.600. The molecule has 0 aromatic heterocycles. The zero-order chi connectivity index (χ0) is 9.73. The molecule has 1 rings (SSSR count). The second-order valence-corrected chi connectivity index (χ2v) is 4.37. The first-order chi connectivity index (χ1) is 5.22. The van der Waals surface area contributed by atoms with Crippen LogP contribution in [-0.2, 0) is 5.21 Å². The molecule has 2 nitrogen and oxygen atoms in total. The molecule has 67 valence electrons. The third-order valence-electron chi connectivity index (χ3n) is 2.86. The molecule has 0 aromatic rings. The van der Waals surface area contributed by atoms with E-state index in [1.165, 1.54) is 0 Å². The van der Waals surface area contributed by atoms with Gasteiger partial charge in [-0.15, -0.1) is 10.3 Å². The molecule has 1 radical (unpaired) electrons. The SMILES string of the molecule is C=C1C(=C)C(C)(C)N([O])C1(C)C. The Balaban J connectivity index is 3.21. The molecule has 2 heteroatoms. The number of rotatable bonds is 0. The lowest BCUT2D eigenvalue weighted by Gasteiger charge is -2.31. The number of hydrogen-bond donors (Lipinski definition) is 0. The molecule has 0 saturated carbocycles. The van der Waals surface area contributed by atoms with Crippen LogP contribution in [0, 0.1) is 0 Å². The Bertz CT molecular complexity index is 225. The van der Waals surface area contributed by atoms with E-state index in [2.05, 4.69) is 13.2 Å². The van der Waals surface area contributed by atoms with E-state index in [1.807, 2.05) is 27.7 Å². The Morgan fingerprint density at radius 2 is 1.25 bits per heavy atom. The van der Waals surface area contributed by atoms with Crippen molar-refractivity contribution in [3.63, 3.8) is 0 Å². The van der Waals surface area contributed by atoms with Gasteiger partial charge in [0, 0.05) is 0 Å². The van der Waals surface area contributed by atoms with E-state index in [-0.39, 0.29) is 0 Å². The van der Waals surface area contributed by atoms with Crippen LogP contribution in [0.15, 0.2) is 24.3 Å². The van der Waals surface area contributed by atoms with Crippen molar-refractivity contribution in [1.82, 2.24) is 5.06 Å². The van der Waals surface area contributed by atoms with E-state index in [9.17, 15) is 5.21 Å². The summed E-state index contributed by atoms with van der Waals surface area (Å²) in [6.07, 6.45) is 0. The second-order valence-electron chi connectivity index (χ2n) is 4.37. The van der Waals surface area contributed by atoms with Gasteiger partial charge in [0.25, 0.3) is 0 Å². The lowest BCUT2D eigenvalue weighted by Crippen LogP contribution is -2.45. The molecule has 1 heterocycles. The van der Waals surface area contributed by atoms with Crippen molar-refractivity contribution in [1.29, 1.82) is 0 Å². The molecule has 0 aromatic carbocycles. The van der Waals surface area contributed by atoms with Crippen molar-refractivity contribution in [2.24, 2.45) is 0 Å². The first-order valence-electron chi connectivity index (χ1n) is 4.09. The van der Waals surface area contributed by atoms with Gasteiger partial charge in [0.15, 0.2) is 0 Å². The molecule has 0 N–H and O–H groups in total. The zero-order valence-electron chi connectivity index (χ0n) is 8.27. The third kappa shape index (κ3) is 0.883. The van der Waals surface area contributed by atoms with Crippen molar-refractivity contribution in [2.75, 3.05) is 0 Å². The van der Waals surface area contributed by atoms with E-state index < -0.39 is 11.1 Å². The van der Waals surface area contributed by atoms with Crippen molar-refractivity contribution in [3.8, 4) is 0 Å². The highest BCUT2D eigenvalue weighted by Gasteiger charge is 2.50. The van der Waals surface area contributed by atoms with E-state index in [0.717, 1.165) is 16.2 Å². The molecule has 12 heavy (non-hydrogen) atoms. The second kappa shape index (κ2) is 2.21. The highest BCUT2D eigenvalue weighted by molar-refractivity contribution is 5.46. The highest BCUT2D eigenvalue weighted by Crippen LogP contribution is 2.45. The Morgan fingerprint density at radius 1 is 1.00 bits per heavy atom. The maximum atomic E-state index is 11.8. The molecule has 0 atom stereocenters. The fourth-order valence-corrected chi connectivity index (χ4v) is 1.68. The van der Waals surface area contributed by atoms with Gasteiger partial charge in [-0.3, -0.25) is 0 Å². The van der Waals surface area contributed by atoms with Crippen LogP contribution in [0.1, 0.15) is 27.7 Å². The van der Waals surface area contributed by atoms with Gasteiger partial charge in [0.2, 0.25) is 0 Å². The molecule has 1 fully saturated rings. The minimum absolute atomic E-state index is 0.499. The minimum Gasteiger partial charge on any atom is -0.135 e. The van der Waals surface area contributed by atoms with Crippen molar-refractivity contribution < 1.29 is 5.21 Å². The molecular weight excluding hydrogens is 150 g/mol. The van der Waals surface area contributed by atoms with Crippen LogP contribution in [0.25, 0.3) is 0 Å². The first kappa shape index (κ1) is 9.49. The molecule has 1 aliphatic rings. The smallest absolute Gasteiger partial charge is 0.0693 e. The van der Waals surface area contributed by atoms with Gasteiger partial charge in [-0.1, -0.05) is 13.2 Å². The first-order valence-corrected chi connectivity index (χ1v) is 4.09. The summed E-state index contributed by atoms with van der Waals surface area (Å²) in [7, 11) is 0. The van der Waals surface area contributed by atoms with Gasteiger partial charge in [0.1, 0.15) is 0 Å². The van der Waals surface area contributed by atoms with Crippen LogP contribution in [0.2, 0.25) is 0 Å². The van der Waals surface area contributed by atoms with Gasteiger partial charge in [-0.05, 0) is 38.8 Å². The molecular formula is C10H16NO. The van der Waals surface area contributed by atoms with Gasteiger partial charge in [-0.25, -0.2) is 0 Å². The average Bonchev–Trinajstić information content (AvgIpc) is 2.06. The Labute approximate surface area is 74.1 Å². The highest BCUT2D eigenvalue weighted by atomic mass is 16.5. The van der Waals surface area contributed by atoms with Crippen LogP contribution in [0.5, 0.6) is 0 Å². The summed E-state index contributed by atoms with van der Waals surface area (Å²) in [4.78, 5) is 0. The molecule has 1 saturated heterocycles. The molecule has 0 aliphatic carbocycles. The minimum atomic E-state index is -0.499. The largest absolute Gasteiger partial charge is 0.135 e. The van der Waals surface area contributed by atoms with E-state index in [4.69, 9.17) is 0 Å². The monoisotopic (exact) mass is 166 g/mol. The lowest BCUT2D eigenvalue weighted by atomic mass is 9.91. The van der Waals surface area contributed by atoms with E-state index in [0.29, 0.717) is 0 Å². The van der Waals surface area contributed by atoms with Crippen LogP contribution in [0.4, 0.5) is 0 Å². The molecule has 0 amide bonds. The number of nitrogens with zero attached hydrogens (tertiary/aromatic N) is 1. The maximum absolute atomic E-state index is 11.8. The van der Waals surface area contributed by atoms with Gasteiger partial charge in [0.05, 0.1) is 11.1 Å². The fourth-order valence-electron chi connectivity index (χ4n) is 1.68. The molecule has 0 spiro atoms. The van der Waals surface area contributed by atoms with Crippen LogP contribution >= 0.6 is 0 Å². The summed E-state index contributed by atoms with van der Waals surface area (Å²) < 4.78 is 0. The maximum Gasteiger partial charge on any atom is 0.0693 e. The van der Waals surface area contributed by atoms with Crippen molar-refractivity contribution >= 4 is 0 Å². The quantitative estimate of drug-likeness (QED) is 0.541.